The second-order valence-electron chi connectivity index (χ2n) is 6.21. The highest BCUT2D eigenvalue weighted by molar-refractivity contribution is 7.99. The summed E-state index contributed by atoms with van der Waals surface area (Å²) in [5, 5.41) is 0. The van der Waals surface area contributed by atoms with Crippen LogP contribution in [0.5, 0.6) is 0 Å². The molecule has 0 unspecified atom stereocenters. The summed E-state index contributed by atoms with van der Waals surface area (Å²) in [5.74, 6) is 3.07. The van der Waals surface area contributed by atoms with Gasteiger partial charge in [-0.1, -0.05) is 31.2 Å². The maximum absolute atomic E-state index is 6.16. The lowest BCUT2D eigenvalue weighted by Crippen LogP contribution is -2.43. The number of fused-ring (bicyclic) bond motifs is 1. The molecule has 108 valence electrons. The van der Waals surface area contributed by atoms with Crippen molar-refractivity contribution < 1.29 is 0 Å². The molecule has 0 spiro atoms. The molecule has 0 radical (unpaired) electrons. The van der Waals surface area contributed by atoms with Crippen molar-refractivity contribution in [2.45, 2.75) is 19.8 Å². The Bertz CT molecular complexity index is 481. The standard InChI is InChI=1S/C16H23N3S/c1-16(10-13-4-2-3-5-14(13)11-16)12-18-15(17)19-6-8-20-9-7-19/h2-5H,6-12H2,1H3,(H2,17,18). The molecular formula is C16H23N3S. The van der Waals surface area contributed by atoms with Gasteiger partial charge in [0.1, 0.15) is 0 Å². The maximum Gasteiger partial charge on any atom is 0.191 e. The molecule has 2 aliphatic rings. The molecule has 0 saturated carbocycles. The van der Waals surface area contributed by atoms with Crippen LogP contribution in [0.15, 0.2) is 29.3 Å². The zero-order valence-electron chi connectivity index (χ0n) is 12.1. The van der Waals surface area contributed by atoms with Crippen LogP contribution in [0.2, 0.25) is 0 Å². The van der Waals surface area contributed by atoms with Crippen molar-refractivity contribution in [1.29, 1.82) is 0 Å². The first-order valence-electron chi connectivity index (χ1n) is 7.36. The Kier molecular flexibility index (Phi) is 3.92. The number of nitrogens with zero attached hydrogens (tertiary/aromatic N) is 2. The fourth-order valence-electron chi connectivity index (χ4n) is 3.16. The normalized spacial score (nSPS) is 21.9. The van der Waals surface area contributed by atoms with Crippen LogP contribution in [0.1, 0.15) is 18.1 Å². The van der Waals surface area contributed by atoms with Gasteiger partial charge >= 0.3 is 0 Å². The molecular weight excluding hydrogens is 266 g/mol. The van der Waals surface area contributed by atoms with Crippen molar-refractivity contribution in [2.24, 2.45) is 16.1 Å². The van der Waals surface area contributed by atoms with Crippen LogP contribution < -0.4 is 5.73 Å². The number of guanidine groups is 1. The van der Waals surface area contributed by atoms with Crippen molar-refractivity contribution >= 4 is 17.7 Å². The van der Waals surface area contributed by atoms with E-state index < -0.39 is 0 Å². The van der Waals surface area contributed by atoms with E-state index in [-0.39, 0.29) is 5.41 Å². The summed E-state index contributed by atoms with van der Waals surface area (Å²) in [7, 11) is 0. The van der Waals surface area contributed by atoms with E-state index in [0.717, 1.165) is 38.4 Å². The molecule has 1 heterocycles. The third-order valence-electron chi connectivity index (χ3n) is 4.31. The molecule has 1 aromatic rings. The summed E-state index contributed by atoms with van der Waals surface area (Å²) in [4.78, 5) is 6.92. The van der Waals surface area contributed by atoms with Crippen LogP contribution in [0.3, 0.4) is 0 Å². The van der Waals surface area contributed by atoms with E-state index in [1.165, 1.54) is 22.6 Å². The molecule has 0 aromatic heterocycles. The van der Waals surface area contributed by atoms with Crippen molar-refractivity contribution in [1.82, 2.24) is 4.90 Å². The summed E-state index contributed by atoms with van der Waals surface area (Å²) in [6.07, 6.45) is 2.24. The fraction of sp³-hybridized carbons (Fsp3) is 0.562. The number of benzene rings is 1. The Labute approximate surface area is 125 Å². The van der Waals surface area contributed by atoms with Gasteiger partial charge in [0, 0.05) is 31.1 Å². The van der Waals surface area contributed by atoms with Gasteiger partial charge in [-0.2, -0.15) is 11.8 Å². The first kappa shape index (κ1) is 13.8. The van der Waals surface area contributed by atoms with Gasteiger partial charge in [-0.3, -0.25) is 4.99 Å². The minimum Gasteiger partial charge on any atom is -0.370 e. The lowest BCUT2D eigenvalue weighted by Gasteiger charge is -2.28. The summed E-state index contributed by atoms with van der Waals surface area (Å²) in [6.45, 7) is 5.24. The largest absolute Gasteiger partial charge is 0.370 e. The average molecular weight is 289 g/mol. The van der Waals surface area contributed by atoms with Crippen LogP contribution in [0, 0.1) is 5.41 Å². The van der Waals surface area contributed by atoms with E-state index in [9.17, 15) is 0 Å². The molecule has 3 nitrogen and oxygen atoms in total. The number of aliphatic imine (C=N–C) groups is 1. The fourth-order valence-corrected chi connectivity index (χ4v) is 4.06. The highest BCUT2D eigenvalue weighted by Gasteiger charge is 2.32. The van der Waals surface area contributed by atoms with Crippen LogP contribution >= 0.6 is 11.8 Å². The zero-order valence-corrected chi connectivity index (χ0v) is 13.0. The molecule has 0 bridgehead atoms. The van der Waals surface area contributed by atoms with Gasteiger partial charge in [0.05, 0.1) is 0 Å². The quantitative estimate of drug-likeness (QED) is 0.670. The van der Waals surface area contributed by atoms with Gasteiger partial charge in [0.2, 0.25) is 0 Å². The molecule has 1 fully saturated rings. The number of nitrogens with two attached hydrogens (primary N) is 1. The molecule has 0 amide bonds. The van der Waals surface area contributed by atoms with E-state index >= 15 is 0 Å². The van der Waals surface area contributed by atoms with Crippen molar-refractivity contribution in [3.63, 3.8) is 0 Å². The molecule has 2 N–H and O–H groups in total. The van der Waals surface area contributed by atoms with E-state index in [2.05, 4.69) is 36.1 Å². The Hall–Kier alpha value is -1.16. The first-order valence-corrected chi connectivity index (χ1v) is 8.51. The van der Waals surface area contributed by atoms with Gasteiger partial charge in [-0.15, -0.1) is 0 Å². The SMILES string of the molecule is CC1(CN=C(N)N2CCSCC2)Cc2ccccc2C1. The van der Waals surface area contributed by atoms with Gasteiger partial charge in [-0.05, 0) is 29.4 Å². The predicted molar refractivity (Wildman–Crippen MR) is 87.3 cm³/mol. The average Bonchev–Trinajstić information content (AvgIpc) is 2.82. The molecule has 1 aliphatic heterocycles. The monoisotopic (exact) mass is 289 g/mol. The second kappa shape index (κ2) is 5.68. The Morgan fingerprint density at radius 3 is 2.45 bits per heavy atom. The smallest absolute Gasteiger partial charge is 0.191 e. The molecule has 3 rings (SSSR count). The number of thioether (sulfide) groups is 1. The summed E-state index contributed by atoms with van der Waals surface area (Å²) < 4.78 is 0. The molecule has 1 aromatic carbocycles. The number of hydrogen-bond acceptors (Lipinski definition) is 2. The Morgan fingerprint density at radius 2 is 1.85 bits per heavy atom. The van der Waals surface area contributed by atoms with Crippen molar-refractivity contribution in [2.75, 3.05) is 31.1 Å². The third kappa shape index (κ3) is 2.95. The topological polar surface area (TPSA) is 41.6 Å². The number of hydrogen-bond donors (Lipinski definition) is 1. The Morgan fingerprint density at radius 1 is 1.25 bits per heavy atom. The summed E-state index contributed by atoms with van der Waals surface area (Å²) in [5.41, 5.74) is 9.36. The molecule has 1 saturated heterocycles. The first-order chi connectivity index (χ1) is 9.66. The van der Waals surface area contributed by atoms with Gasteiger partial charge in [0.15, 0.2) is 5.96 Å². The van der Waals surface area contributed by atoms with Crippen LogP contribution in [-0.2, 0) is 12.8 Å². The lowest BCUT2D eigenvalue weighted by atomic mass is 9.87. The molecule has 0 atom stereocenters. The van der Waals surface area contributed by atoms with Crippen LogP contribution in [0.4, 0.5) is 0 Å². The van der Waals surface area contributed by atoms with Gasteiger partial charge < -0.3 is 10.6 Å². The molecule has 20 heavy (non-hydrogen) atoms. The third-order valence-corrected chi connectivity index (χ3v) is 5.25. The highest BCUT2D eigenvalue weighted by Crippen LogP contribution is 2.36. The van der Waals surface area contributed by atoms with E-state index in [1.807, 2.05) is 11.8 Å². The highest BCUT2D eigenvalue weighted by atomic mass is 32.2. The Balaban J connectivity index is 1.63. The minimum atomic E-state index is 0.235. The van der Waals surface area contributed by atoms with E-state index in [4.69, 9.17) is 10.7 Å². The van der Waals surface area contributed by atoms with Crippen LogP contribution in [-0.4, -0.2) is 42.0 Å². The molecule has 4 heteroatoms. The van der Waals surface area contributed by atoms with Gasteiger partial charge in [-0.25, -0.2) is 0 Å². The van der Waals surface area contributed by atoms with Crippen molar-refractivity contribution in [3.8, 4) is 0 Å². The second-order valence-corrected chi connectivity index (χ2v) is 7.43. The predicted octanol–water partition coefficient (Wildman–Crippen LogP) is 2.16. The number of rotatable bonds is 2. The van der Waals surface area contributed by atoms with Crippen molar-refractivity contribution in [3.05, 3.63) is 35.4 Å². The minimum absolute atomic E-state index is 0.235. The maximum atomic E-state index is 6.16. The molecule has 1 aliphatic carbocycles. The van der Waals surface area contributed by atoms with Crippen LogP contribution in [0.25, 0.3) is 0 Å². The summed E-state index contributed by atoms with van der Waals surface area (Å²) in [6, 6.07) is 8.76. The lowest BCUT2D eigenvalue weighted by molar-refractivity contribution is 0.355. The zero-order chi connectivity index (χ0) is 14.0. The van der Waals surface area contributed by atoms with Gasteiger partial charge in [0.25, 0.3) is 0 Å². The van der Waals surface area contributed by atoms with E-state index in [1.54, 1.807) is 0 Å². The summed E-state index contributed by atoms with van der Waals surface area (Å²) >= 11 is 2.00. The van der Waals surface area contributed by atoms with E-state index in [0.29, 0.717) is 0 Å².